The highest BCUT2D eigenvalue weighted by Crippen LogP contribution is 2.37. The molecule has 2 aromatic carbocycles. The van der Waals surface area contributed by atoms with E-state index in [4.69, 9.17) is 4.74 Å². The molecule has 0 bridgehead atoms. The van der Waals surface area contributed by atoms with Crippen molar-refractivity contribution in [3.8, 4) is 0 Å². The van der Waals surface area contributed by atoms with Crippen molar-refractivity contribution in [3.63, 3.8) is 0 Å². The summed E-state index contributed by atoms with van der Waals surface area (Å²) in [5.74, 6) is -0.149. The smallest absolute Gasteiger partial charge is 0.407 e. The fraction of sp³-hybridized carbons (Fsp3) is 0.316. The summed E-state index contributed by atoms with van der Waals surface area (Å²) in [6.45, 7) is 2.37. The van der Waals surface area contributed by atoms with E-state index in [2.05, 4.69) is 21.2 Å². The van der Waals surface area contributed by atoms with Crippen molar-refractivity contribution in [1.29, 1.82) is 0 Å². The van der Waals surface area contributed by atoms with Crippen molar-refractivity contribution in [2.45, 2.75) is 24.0 Å². The van der Waals surface area contributed by atoms with Crippen LogP contribution >= 0.6 is 15.9 Å². The van der Waals surface area contributed by atoms with Gasteiger partial charge in [0.15, 0.2) is 0 Å². The number of amides is 1. The molecule has 3 unspecified atom stereocenters. The molecular weight excluding hydrogens is 432 g/mol. The largest absolute Gasteiger partial charge is 0.444 e. The number of nitrogens with one attached hydrogen (secondary N) is 1. The minimum atomic E-state index is -3.64. The van der Waals surface area contributed by atoms with E-state index in [1.54, 1.807) is 24.3 Å². The van der Waals surface area contributed by atoms with Gasteiger partial charge in [0.2, 0.25) is 10.0 Å². The molecule has 27 heavy (non-hydrogen) atoms. The van der Waals surface area contributed by atoms with E-state index in [0.29, 0.717) is 6.54 Å². The Morgan fingerprint density at radius 2 is 1.74 bits per heavy atom. The minimum Gasteiger partial charge on any atom is -0.444 e. The second-order valence-corrected chi connectivity index (χ2v) is 9.77. The second-order valence-electron chi connectivity index (χ2n) is 6.92. The van der Waals surface area contributed by atoms with Crippen LogP contribution in [0.3, 0.4) is 0 Å². The molecule has 8 heteroatoms. The molecule has 2 aliphatic rings. The third kappa shape index (κ3) is 3.49. The Kier molecular flexibility index (Phi) is 4.73. The van der Waals surface area contributed by atoms with Crippen LogP contribution in [-0.2, 0) is 14.8 Å². The summed E-state index contributed by atoms with van der Waals surface area (Å²) in [5, 5.41) is 2.84. The van der Waals surface area contributed by atoms with E-state index in [0.717, 1.165) is 15.6 Å². The lowest BCUT2D eigenvalue weighted by Crippen LogP contribution is -2.46. The molecule has 2 saturated heterocycles. The number of hydrogen-bond acceptors (Lipinski definition) is 4. The fourth-order valence-electron chi connectivity index (χ4n) is 3.67. The predicted octanol–water partition coefficient (Wildman–Crippen LogP) is 3.23. The van der Waals surface area contributed by atoms with Crippen LogP contribution in [0.4, 0.5) is 4.79 Å². The SMILES string of the molecule is Cc1ccc(S(=O)(=O)N2CC3OC(=O)NC(c4ccc(Br)cc4)C3C2)cc1. The summed E-state index contributed by atoms with van der Waals surface area (Å²) in [6.07, 6.45) is -0.980. The molecule has 1 N–H and O–H groups in total. The van der Waals surface area contributed by atoms with Gasteiger partial charge in [0, 0.05) is 16.9 Å². The highest BCUT2D eigenvalue weighted by Gasteiger charge is 2.48. The molecule has 2 aliphatic heterocycles. The van der Waals surface area contributed by atoms with E-state index in [1.807, 2.05) is 31.2 Å². The number of aryl methyl sites for hydroxylation is 1. The van der Waals surface area contributed by atoms with E-state index < -0.39 is 22.2 Å². The molecule has 6 nitrogen and oxygen atoms in total. The normalized spacial score (nSPS) is 25.6. The lowest BCUT2D eigenvalue weighted by atomic mass is 9.89. The van der Waals surface area contributed by atoms with Gasteiger partial charge >= 0.3 is 6.09 Å². The summed E-state index contributed by atoms with van der Waals surface area (Å²) >= 11 is 3.40. The lowest BCUT2D eigenvalue weighted by molar-refractivity contribution is 0.0405. The Bertz CT molecular complexity index is 960. The first-order chi connectivity index (χ1) is 12.8. The molecule has 0 aromatic heterocycles. The van der Waals surface area contributed by atoms with Crippen molar-refractivity contribution in [2.75, 3.05) is 13.1 Å². The number of nitrogens with zero attached hydrogens (tertiary/aromatic N) is 1. The Balaban J connectivity index is 1.62. The van der Waals surface area contributed by atoms with Crippen molar-refractivity contribution in [2.24, 2.45) is 5.92 Å². The first-order valence-corrected chi connectivity index (χ1v) is 10.9. The highest BCUT2D eigenvalue weighted by atomic mass is 79.9. The van der Waals surface area contributed by atoms with Crippen LogP contribution in [0.15, 0.2) is 57.9 Å². The van der Waals surface area contributed by atoms with Gasteiger partial charge in [-0.25, -0.2) is 13.2 Å². The number of benzene rings is 2. The Hall–Kier alpha value is -1.90. The van der Waals surface area contributed by atoms with Crippen molar-refractivity contribution in [3.05, 3.63) is 64.1 Å². The van der Waals surface area contributed by atoms with Gasteiger partial charge in [-0.2, -0.15) is 4.31 Å². The summed E-state index contributed by atoms with van der Waals surface area (Å²) in [7, 11) is -3.64. The minimum absolute atomic E-state index is 0.149. The molecule has 2 fully saturated rings. The molecule has 2 aromatic rings. The molecule has 0 radical (unpaired) electrons. The number of ether oxygens (including phenoxy) is 1. The van der Waals surface area contributed by atoms with Gasteiger partial charge in [-0.1, -0.05) is 45.8 Å². The number of hydrogen-bond donors (Lipinski definition) is 1. The highest BCUT2D eigenvalue weighted by molar-refractivity contribution is 9.10. The van der Waals surface area contributed by atoms with Crippen molar-refractivity contribution in [1.82, 2.24) is 9.62 Å². The summed E-state index contributed by atoms with van der Waals surface area (Å²) in [4.78, 5) is 12.3. The molecule has 0 spiro atoms. The van der Waals surface area contributed by atoms with Gasteiger partial charge in [-0.05, 0) is 36.8 Å². The van der Waals surface area contributed by atoms with Crippen molar-refractivity contribution >= 4 is 32.0 Å². The van der Waals surface area contributed by atoms with Gasteiger partial charge in [0.05, 0.1) is 17.5 Å². The third-order valence-corrected chi connectivity index (χ3v) is 7.50. The maximum atomic E-state index is 13.0. The van der Waals surface area contributed by atoms with Crippen LogP contribution in [0.25, 0.3) is 0 Å². The van der Waals surface area contributed by atoms with Gasteiger partial charge in [-0.15, -0.1) is 0 Å². The van der Waals surface area contributed by atoms with Crippen LogP contribution < -0.4 is 5.32 Å². The van der Waals surface area contributed by atoms with Gasteiger partial charge < -0.3 is 10.1 Å². The molecule has 0 aliphatic carbocycles. The predicted molar refractivity (Wildman–Crippen MR) is 104 cm³/mol. The van der Waals surface area contributed by atoms with Crippen LogP contribution in [0.5, 0.6) is 0 Å². The number of carbonyl (C=O) groups is 1. The van der Waals surface area contributed by atoms with E-state index in [9.17, 15) is 13.2 Å². The summed E-state index contributed by atoms with van der Waals surface area (Å²) < 4.78 is 33.8. The number of sulfonamides is 1. The average molecular weight is 451 g/mol. The molecule has 4 rings (SSSR count). The molecule has 2 heterocycles. The van der Waals surface area contributed by atoms with Gasteiger partial charge in [0.25, 0.3) is 0 Å². The second kappa shape index (κ2) is 6.92. The Morgan fingerprint density at radius 1 is 1.07 bits per heavy atom. The zero-order chi connectivity index (χ0) is 19.2. The monoisotopic (exact) mass is 450 g/mol. The van der Waals surface area contributed by atoms with E-state index in [1.165, 1.54) is 4.31 Å². The number of fused-ring (bicyclic) bond motifs is 1. The van der Waals surface area contributed by atoms with Crippen molar-refractivity contribution < 1.29 is 17.9 Å². The number of rotatable bonds is 3. The van der Waals surface area contributed by atoms with Gasteiger partial charge in [-0.3, -0.25) is 0 Å². The first kappa shape index (κ1) is 18.5. The third-order valence-electron chi connectivity index (χ3n) is 5.12. The topological polar surface area (TPSA) is 75.7 Å². The lowest BCUT2D eigenvalue weighted by Gasteiger charge is -2.33. The summed E-state index contributed by atoms with van der Waals surface area (Å²) in [5.41, 5.74) is 1.93. The number of carbonyl (C=O) groups excluding carboxylic acids is 1. The van der Waals surface area contributed by atoms with E-state index in [-0.39, 0.29) is 23.4 Å². The number of halogens is 1. The summed E-state index contributed by atoms with van der Waals surface area (Å²) in [6, 6.07) is 14.2. The fourth-order valence-corrected chi connectivity index (χ4v) is 5.42. The standard InChI is InChI=1S/C19H19BrN2O4S/c1-12-2-8-15(9-3-12)27(24,25)22-10-16-17(11-22)26-19(23)21-18(16)13-4-6-14(20)7-5-13/h2-9,16-18H,10-11H2,1H3,(H,21,23). The first-order valence-electron chi connectivity index (χ1n) is 8.64. The quantitative estimate of drug-likeness (QED) is 0.778. The molecule has 3 atom stereocenters. The van der Waals surface area contributed by atoms with Gasteiger partial charge in [0.1, 0.15) is 6.10 Å². The zero-order valence-electron chi connectivity index (χ0n) is 14.6. The average Bonchev–Trinajstić information content (AvgIpc) is 3.07. The molecule has 1 amide bonds. The van der Waals surface area contributed by atoms with E-state index >= 15 is 0 Å². The molecular formula is C19H19BrN2O4S. The van der Waals surface area contributed by atoms with Crippen LogP contribution in [0.1, 0.15) is 17.2 Å². The zero-order valence-corrected chi connectivity index (χ0v) is 17.0. The molecule has 0 saturated carbocycles. The Labute approximate surface area is 166 Å². The maximum absolute atomic E-state index is 13.0. The molecule has 142 valence electrons. The van der Waals surface area contributed by atoms with Crippen LogP contribution in [-0.4, -0.2) is 38.0 Å². The van der Waals surface area contributed by atoms with Crippen LogP contribution in [0, 0.1) is 12.8 Å². The Morgan fingerprint density at radius 3 is 2.41 bits per heavy atom. The number of alkyl carbamates (subject to hydrolysis) is 1. The van der Waals surface area contributed by atoms with Crippen LogP contribution in [0.2, 0.25) is 0 Å². The maximum Gasteiger partial charge on any atom is 0.407 e.